The zero-order valence-corrected chi connectivity index (χ0v) is 11.5. The Morgan fingerprint density at radius 2 is 1.59 bits per heavy atom. The van der Waals surface area contributed by atoms with E-state index in [0.717, 1.165) is 11.5 Å². The third-order valence-corrected chi connectivity index (χ3v) is 3.72. The number of aromatic nitrogens is 2. The lowest BCUT2D eigenvalue weighted by molar-refractivity contribution is 0.921. The number of imidazole rings is 1. The maximum atomic E-state index is 4.62. The first-order chi connectivity index (χ1) is 7.91. The van der Waals surface area contributed by atoms with E-state index < -0.39 is 0 Å². The number of rotatable bonds is 1. The van der Waals surface area contributed by atoms with Crippen molar-refractivity contribution in [3.05, 3.63) is 40.2 Å². The second-order valence-electron chi connectivity index (χ2n) is 4.93. The molecule has 0 bridgehead atoms. The van der Waals surface area contributed by atoms with Crippen LogP contribution >= 0.6 is 0 Å². The van der Waals surface area contributed by atoms with E-state index >= 15 is 0 Å². The average molecular weight is 228 g/mol. The Morgan fingerprint density at radius 1 is 0.941 bits per heavy atom. The highest BCUT2D eigenvalue weighted by atomic mass is 15.0. The molecule has 1 heterocycles. The Hall–Kier alpha value is -1.57. The van der Waals surface area contributed by atoms with Crippen LogP contribution in [0.3, 0.4) is 0 Å². The predicted molar refractivity (Wildman–Crippen MR) is 72.3 cm³/mol. The van der Waals surface area contributed by atoms with Gasteiger partial charge in [-0.2, -0.15) is 0 Å². The molecular weight excluding hydrogens is 208 g/mol. The van der Waals surface area contributed by atoms with Gasteiger partial charge in [-0.05, 0) is 62.9 Å². The summed E-state index contributed by atoms with van der Waals surface area (Å²) in [6.45, 7) is 10.8. The van der Waals surface area contributed by atoms with Gasteiger partial charge >= 0.3 is 0 Å². The summed E-state index contributed by atoms with van der Waals surface area (Å²) in [5.41, 5.74) is 7.75. The van der Waals surface area contributed by atoms with Crippen molar-refractivity contribution in [1.29, 1.82) is 0 Å². The van der Waals surface area contributed by atoms with Gasteiger partial charge in [-0.15, -0.1) is 0 Å². The van der Waals surface area contributed by atoms with Gasteiger partial charge in [-0.1, -0.05) is 0 Å². The largest absolute Gasteiger partial charge is 0.334 e. The molecule has 0 aliphatic heterocycles. The highest BCUT2D eigenvalue weighted by Crippen LogP contribution is 2.28. The number of hydrogen-bond donors (Lipinski definition) is 0. The van der Waals surface area contributed by atoms with E-state index in [4.69, 9.17) is 0 Å². The SMILES string of the molecule is Cc1cn(C)c(-c2cc(C)c(C)c(C)c2C)n1. The van der Waals surface area contributed by atoms with Crippen LogP contribution in [0.1, 0.15) is 27.9 Å². The van der Waals surface area contributed by atoms with E-state index in [2.05, 4.69) is 56.6 Å². The van der Waals surface area contributed by atoms with Gasteiger partial charge in [0.2, 0.25) is 0 Å². The summed E-state index contributed by atoms with van der Waals surface area (Å²) in [5.74, 6) is 1.06. The van der Waals surface area contributed by atoms with Gasteiger partial charge in [-0.25, -0.2) is 4.98 Å². The number of aryl methyl sites for hydroxylation is 3. The highest BCUT2D eigenvalue weighted by Gasteiger charge is 2.12. The molecule has 1 aromatic carbocycles. The molecule has 0 N–H and O–H groups in total. The summed E-state index contributed by atoms with van der Waals surface area (Å²) in [6.07, 6.45) is 2.07. The van der Waals surface area contributed by atoms with Crippen LogP contribution in [0.25, 0.3) is 11.4 Å². The van der Waals surface area contributed by atoms with Crippen LogP contribution in [0.5, 0.6) is 0 Å². The van der Waals surface area contributed by atoms with Crippen LogP contribution < -0.4 is 0 Å². The molecule has 0 saturated heterocycles. The van der Waals surface area contributed by atoms with Crippen molar-refractivity contribution in [1.82, 2.24) is 9.55 Å². The summed E-state index contributed by atoms with van der Waals surface area (Å²) in [7, 11) is 2.05. The summed E-state index contributed by atoms with van der Waals surface area (Å²) >= 11 is 0. The van der Waals surface area contributed by atoms with Gasteiger partial charge in [0.1, 0.15) is 5.82 Å². The molecule has 2 nitrogen and oxygen atoms in total. The second kappa shape index (κ2) is 4.02. The van der Waals surface area contributed by atoms with E-state index in [1.54, 1.807) is 0 Å². The minimum absolute atomic E-state index is 1.06. The Morgan fingerprint density at radius 3 is 2.12 bits per heavy atom. The molecule has 0 aliphatic carbocycles. The monoisotopic (exact) mass is 228 g/mol. The van der Waals surface area contributed by atoms with Crippen LogP contribution in [0.4, 0.5) is 0 Å². The van der Waals surface area contributed by atoms with Crippen molar-refractivity contribution in [2.45, 2.75) is 34.6 Å². The van der Waals surface area contributed by atoms with Crippen molar-refractivity contribution in [3.63, 3.8) is 0 Å². The highest BCUT2D eigenvalue weighted by molar-refractivity contribution is 5.65. The summed E-state index contributed by atoms with van der Waals surface area (Å²) in [6, 6.07) is 2.25. The van der Waals surface area contributed by atoms with Crippen LogP contribution in [-0.2, 0) is 7.05 Å². The smallest absolute Gasteiger partial charge is 0.140 e. The van der Waals surface area contributed by atoms with Crippen molar-refractivity contribution in [3.8, 4) is 11.4 Å². The normalized spacial score (nSPS) is 10.9. The van der Waals surface area contributed by atoms with Crippen LogP contribution in [0.15, 0.2) is 12.3 Å². The molecule has 0 saturated carbocycles. The molecule has 2 rings (SSSR count). The van der Waals surface area contributed by atoms with E-state index in [1.807, 2.05) is 6.92 Å². The van der Waals surface area contributed by atoms with Gasteiger partial charge in [0.25, 0.3) is 0 Å². The standard InChI is InChI=1S/C15H20N2/c1-9-7-14(13(5)12(4)11(9)3)15-16-10(2)8-17(15)6/h7-8H,1-6H3. The van der Waals surface area contributed by atoms with Gasteiger partial charge < -0.3 is 4.57 Å². The minimum Gasteiger partial charge on any atom is -0.334 e. The Labute approximate surface area is 103 Å². The number of hydrogen-bond acceptors (Lipinski definition) is 1. The van der Waals surface area contributed by atoms with E-state index in [-0.39, 0.29) is 0 Å². The maximum Gasteiger partial charge on any atom is 0.140 e. The molecule has 0 fully saturated rings. The van der Waals surface area contributed by atoms with Crippen molar-refractivity contribution >= 4 is 0 Å². The summed E-state index contributed by atoms with van der Waals surface area (Å²) in [4.78, 5) is 4.62. The minimum atomic E-state index is 1.06. The van der Waals surface area contributed by atoms with Gasteiger partial charge in [0, 0.05) is 18.8 Å². The van der Waals surface area contributed by atoms with Gasteiger partial charge in [0.15, 0.2) is 0 Å². The van der Waals surface area contributed by atoms with Gasteiger partial charge in [0.05, 0.1) is 5.69 Å². The van der Waals surface area contributed by atoms with E-state index in [9.17, 15) is 0 Å². The lowest BCUT2D eigenvalue weighted by Gasteiger charge is -2.14. The van der Waals surface area contributed by atoms with E-state index in [1.165, 1.54) is 27.8 Å². The zero-order valence-electron chi connectivity index (χ0n) is 11.5. The predicted octanol–water partition coefficient (Wildman–Crippen LogP) is 3.63. The molecule has 17 heavy (non-hydrogen) atoms. The summed E-state index contributed by atoms with van der Waals surface area (Å²) < 4.78 is 2.10. The first-order valence-corrected chi connectivity index (χ1v) is 5.99. The first kappa shape index (κ1) is 11.9. The second-order valence-corrected chi connectivity index (χ2v) is 4.93. The lowest BCUT2D eigenvalue weighted by Crippen LogP contribution is -1.98. The molecule has 1 aromatic heterocycles. The lowest BCUT2D eigenvalue weighted by atomic mass is 9.94. The Bertz CT molecular complexity index is 577. The quantitative estimate of drug-likeness (QED) is 0.728. The topological polar surface area (TPSA) is 17.8 Å². The molecule has 0 unspecified atom stereocenters. The average Bonchev–Trinajstić information content (AvgIpc) is 2.60. The third kappa shape index (κ3) is 1.88. The van der Waals surface area contributed by atoms with E-state index in [0.29, 0.717) is 0 Å². The van der Waals surface area contributed by atoms with Crippen molar-refractivity contribution in [2.75, 3.05) is 0 Å². The van der Waals surface area contributed by atoms with Crippen LogP contribution in [0, 0.1) is 34.6 Å². The molecule has 0 amide bonds. The number of nitrogens with zero attached hydrogens (tertiary/aromatic N) is 2. The number of benzene rings is 1. The molecular formula is C15H20N2. The molecule has 2 aromatic rings. The molecule has 0 radical (unpaired) electrons. The molecule has 90 valence electrons. The molecule has 0 atom stereocenters. The fraction of sp³-hybridized carbons (Fsp3) is 0.400. The maximum absolute atomic E-state index is 4.62. The zero-order chi connectivity index (χ0) is 12.7. The third-order valence-electron chi connectivity index (χ3n) is 3.72. The van der Waals surface area contributed by atoms with Gasteiger partial charge in [-0.3, -0.25) is 0 Å². The Balaban J connectivity index is 2.72. The fourth-order valence-electron chi connectivity index (χ4n) is 2.31. The molecule has 0 aliphatic rings. The fourth-order valence-corrected chi connectivity index (χ4v) is 2.31. The first-order valence-electron chi connectivity index (χ1n) is 5.99. The Kier molecular flexibility index (Phi) is 2.82. The van der Waals surface area contributed by atoms with Crippen LogP contribution in [0.2, 0.25) is 0 Å². The summed E-state index contributed by atoms with van der Waals surface area (Å²) in [5, 5.41) is 0. The van der Waals surface area contributed by atoms with Crippen LogP contribution in [-0.4, -0.2) is 9.55 Å². The molecule has 0 spiro atoms. The molecule has 2 heteroatoms. The van der Waals surface area contributed by atoms with Crippen molar-refractivity contribution in [2.24, 2.45) is 7.05 Å². The van der Waals surface area contributed by atoms with Crippen molar-refractivity contribution < 1.29 is 0 Å².